The second-order valence-corrected chi connectivity index (χ2v) is 10.1. The van der Waals surface area contributed by atoms with Gasteiger partial charge in [0, 0.05) is 25.2 Å². The van der Waals surface area contributed by atoms with Crippen LogP contribution in [-0.2, 0) is 10.0 Å². The summed E-state index contributed by atoms with van der Waals surface area (Å²) in [4.78, 5) is 17.6. The number of amides is 2. The molecule has 2 aliphatic rings. The fraction of sp³-hybridized carbons (Fsp3) is 0.240. The number of urea groups is 1. The lowest BCUT2D eigenvalue weighted by molar-refractivity contribution is 0.143. The molecule has 3 aromatic rings. The van der Waals surface area contributed by atoms with Gasteiger partial charge in [0.15, 0.2) is 0 Å². The van der Waals surface area contributed by atoms with Gasteiger partial charge in [0.1, 0.15) is 0 Å². The molecule has 0 N–H and O–H groups in total. The first-order valence-corrected chi connectivity index (χ1v) is 12.3. The molecule has 2 fully saturated rings. The van der Waals surface area contributed by atoms with Gasteiger partial charge in [0.25, 0.3) is 0 Å². The Kier molecular flexibility index (Phi) is 5.45. The monoisotopic (exact) mass is 447 g/mol. The van der Waals surface area contributed by atoms with Gasteiger partial charge in [0.2, 0.25) is 10.0 Å². The molecular formula is C25H25N3O3S. The van der Waals surface area contributed by atoms with Crippen LogP contribution in [-0.4, -0.2) is 48.8 Å². The number of fused-ring (bicyclic) bond motifs is 2. The minimum absolute atomic E-state index is 0.129. The maximum absolute atomic E-state index is 13.7. The van der Waals surface area contributed by atoms with E-state index in [0.717, 1.165) is 24.2 Å². The molecule has 2 atom stereocenters. The van der Waals surface area contributed by atoms with Gasteiger partial charge in [-0.1, -0.05) is 54.6 Å². The zero-order valence-electron chi connectivity index (χ0n) is 17.6. The fourth-order valence-electron chi connectivity index (χ4n) is 4.79. The summed E-state index contributed by atoms with van der Waals surface area (Å²) >= 11 is 0. The Bertz CT molecular complexity index is 1130. The number of piperazine rings is 1. The molecule has 2 amide bonds. The quantitative estimate of drug-likeness (QED) is 0.592. The number of rotatable bonds is 4. The summed E-state index contributed by atoms with van der Waals surface area (Å²) < 4.78 is 28.3. The average Bonchev–Trinajstić information content (AvgIpc) is 3.12. The molecule has 2 heterocycles. The molecule has 0 unspecified atom stereocenters. The van der Waals surface area contributed by atoms with E-state index in [1.165, 1.54) is 0 Å². The Morgan fingerprint density at radius 2 is 1.16 bits per heavy atom. The van der Waals surface area contributed by atoms with Crippen LogP contribution in [0.1, 0.15) is 12.8 Å². The van der Waals surface area contributed by atoms with Crippen molar-refractivity contribution in [2.24, 2.45) is 0 Å². The number of carbonyl (C=O) groups is 1. The maximum atomic E-state index is 13.7. The highest BCUT2D eigenvalue weighted by atomic mass is 32.2. The number of carbonyl (C=O) groups excluding carboxylic acids is 1. The van der Waals surface area contributed by atoms with Crippen molar-refractivity contribution in [2.45, 2.75) is 29.8 Å². The molecule has 32 heavy (non-hydrogen) atoms. The molecule has 2 saturated heterocycles. The van der Waals surface area contributed by atoms with Crippen LogP contribution in [0.25, 0.3) is 0 Å². The Labute approximate surface area is 188 Å². The lowest BCUT2D eigenvalue weighted by Gasteiger charge is -2.41. The Hall–Kier alpha value is -3.16. The summed E-state index contributed by atoms with van der Waals surface area (Å²) in [5, 5.41) is 0. The number of sulfonamides is 1. The fourth-order valence-corrected chi connectivity index (χ4v) is 6.67. The van der Waals surface area contributed by atoms with Gasteiger partial charge in [-0.25, -0.2) is 13.2 Å². The lowest BCUT2D eigenvalue weighted by atomic mass is 10.2. The molecule has 2 bridgehead atoms. The zero-order chi connectivity index (χ0) is 22.1. The topological polar surface area (TPSA) is 60.9 Å². The SMILES string of the molecule is O=C(N1C[C@H]2CC[C@@H](C1)N2S(=O)(=O)c1ccccc1)N(c1ccccc1)c1ccccc1. The molecule has 164 valence electrons. The van der Waals surface area contributed by atoms with Crippen LogP contribution < -0.4 is 4.90 Å². The van der Waals surface area contributed by atoms with Crippen LogP contribution in [0.3, 0.4) is 0 Å². The maximum Gasteiger partial charge on any atom is 0.329 e. The van der Waals surface area contributed by atoms with Crippen molar-refractivity contribution in [3.63, 3.8) is 0 Å². The first kappa shape index (κ1) is 20.7. The highest BCUT2D eigenvalue weighted by Gasteiger charge is 2.48. The van der Waals surface area contributed by atoms with Gasteiger partial charge < -0.3 is 4.90 Å². The molecule has 0 saturated carbocycles. The van der Waals surface area contributed by atoms with Crippen LogP contribution in [0.15, 0.2) is 95.9 Å². The van der Waals surface area contributed by atoms with Gasteiger partial charge in [-0.3, -0.25) is 4.90 Å². The van der Waals surface area contributed by atoms with Crippen molar-refractivity contribution >= 4 is 27.4 Å². The second-order valence-electron chi connectivity index (χ2n) is 8.23. The van der Waals surface area contributed by atoms with Crippen molar-refractivity contribution in [3.8, 4) is 0 Å². The third-order valence-corrected chi connectivity index (χ3v) is 8.24. The van der Waals surface area contributed by atoms with Crippen molar-refractivity contribution < 1.29 is 13.2 Å². The molecule has 0 aliphatic carbocycles. The van der Waals surface area contributed by atoms with Gasteiger partial charge in [-0.2, -0.15) is 4.31 Å². The van der Waals surface area contributed by atoms with E-state index in [-0.39, 0.29) is 18.1 Å². The number of para-hydroxylation sites is 2. The third kappa shape index (κ3) is 3.67. The molecule has 6 nitrogen and oxygen atoms in total. The Morgan fingerprint density at radius 1 is 0.719 bits per heavy atom. The smallest absolute Gasteiger partial charge is 0.321 e. The van der Waals surface area contributed by atoms with Crippen molar-refractivity contribution in [2.75, 3.05) is 18.0 Å². The summed E-state index contributed by atoms with van der Waals surface area (Å²) in [6.07, 6.45) is 1.52. The first-order chi connectivity index (χ1) is 15.6. The highest BCUT2D eigenvalue weighted by Crippen LogP contribution is 2.37. The number of nitrogens with zero attached hydrogens (tertiary/aromatic N) is 3. The van der Waals surface area contributed by atoms with Crippen LogP contribution in [0.2, 0.25) is 0 Å². The zero-order valence-corrected chi connectivity index (χ0v) is 18.4. The molecule has 0 aromatic heterocycles. The van der Waals surface area contributed by atoms with E-state index in [1.807, 2.05) is 66.7 Å². The largest absolute Gasteiger partial charge is 0.329 e. The van der Waals surface area contributed by atoms with E-state index >= 15 is 0 Å². The van der Waals surface area contributed by atoms with E-state index in [1.54, 1.807) is 38.4 Å². The van der Waals surface area contributed by atoms with E-state index < -0.39 is 10.0 Å². The predicted molar refractivity (Wildman–Crippen MR) is 124 cm³/mol. The minimum Gasteiger partial charge on any atom is -0.321 e. The van der Waals surface area contributed by atoms with Crippen molar-refractivity contribution in [1.29, 1.82) is 0 Å². The van der Waals surface area contributed by atoms with Gasteiger partial charge in [0.05, 0.1) is 16.3 Å². The van der Waals surface area contributed by atoms with Gasteiger partial charge in [-0.05, 0) is 49.2 Å². The number of likely N-dealkylation sites (tertiary alicyclic amines) is 1. The molecule has 7 heteroatoms. The first-order valence-electron chi connectivity index (χ1n) is 10.8. The summed E-state index contributed by atoms with van der Waals surface area (Å²) in [6.45, 7) is 0.773. The van der Waals surface area contributed by atoms with Crippen LogP contribution in [0.5, 0.6) is 0 Å². The molecule has 3 aromatic carbocycles. The number of hydrogen-bond donors (Lipinski definition) is 0. The predicted octanol–water partition coefficient (Wildman–Crippen LogP) is 4.48. The standard InChI is InChI=1S/C25H25N3O3S/c29-25(27(20-10-4-1-5-11-20)21-12-6-2-7-13-21)26-18-22-16-17-23(19-26)28(22)32(30,31)24-14-8-3-9-15-24/h1-15,22-23H,16-19H2/t22-,23+. The summed E-state index contributed by atoms with van der Waals surface area (Å²) in [6, 6.07) is 27.1. The van der Waals surface area contributed by atoms with Crippen LogP contribution in [0, 0.1) is 0 Å². The molecule has 0 spiro atoms. The van der Waals surface area contributed by atoms with E-state index in [4.69, 9.17) is 0 Å². The highest BCUT2D eigenvalue weighted by molar-refractivity contribution is 7.89. The van der Waals surface area contributed by atoms with E-state index in [0.29, 0.717) is 18.0 Å². The molecular weight excluding hydrogens is 422 g/mol. The summed E-state index contributed by atoms with van der Waals surface area (Å²) in [5.74, 6) is 0. The Balaban J connectivity index is 1.43. The van der Waals surface area contributed by atoms with Crippen molar-refractivity contribution in [1.82, 2.24) is 9.21 Å². The van der Waals surface area contributed by atoms with E-state index in [9.17, 15) is 13.2 Å². The van der Waals surface area contributed by atoms with Gasteiger partial charge in [-0.15, -0.1) is 0 Å². The lowest BCUT2D eigenvalue weighted by Crippen LogP contribution is -2.58. The average molecular weight is 448 g/mol. The third-order valence-electron chi connectivity index (χ3n) is 6.22. The van der Waals surface area contributed by atoms with Crippen LogP contribution in [0.4, 0.5) is 16.2 Å². The van der Waals surface area contributed by atoms with E-state index in [2.05, 4.69) is 0 Å². The molecule has 0 radical (unpaired) electrons. The molecule has 2 aliphatic heterocycles. The normalized spacial score (nSPS) is 20.8. The van der Waals surface area contributed by atoms with Crippen LogP contribution >= 0.6 is 0 Å². The Morgan fingerprint density at radius 3 is 1.62 bits per heavy atom. The summed E-state index contributed by atoms with van der Waals surface area (Å²) in [5.41, 5.74) is 1.57. The number of benzene rings is 3. The molecule has 5 rings (SSSR count). The minimum atomic E-state index is -3.59. The number of hydrogen-bond acceptors (Lipinski definition) is 3. The second kappa shape index (κ2) is 8.41. The number of anilines is 2. The summed E-state index contributed by atoms with van der Waals surface area (Å²) in [7, 11) is -3.59. The van der Waals surface area contributed by atoms with Crippen molar-refractivity contribution in [3.05, 3.63) is 91.0 Å². The van der Waals surface area contributed by atoms with Gasteiger partial charge >= 0.3 is 6.03 Å².